The molecule has 56 valence electrons. The highest BCUT2D eigenvalue weighted by Gasteiger charge is 2.07. The van der Waals surface area contributed by atoms with Crippen molar-refractivity contribution in [3.63, 3.8) is 0 Å². The highest BCUT2D eigenvalue weighted by Crippen LogP contribution is 2.33. The van der Waals surface area contributed by atoms with Crippen LogP contribution in [0.5, 0.6) is 0 Å². The van der Waals surface area contributed by atoms with Gasteiger partial charge in [0.15, 0.2) is 0 Å². The topological polar surface area (TPSA) is 17.1 Å². The van der Waals surface area contributed by atoms with Crippen LogP contribution in [0.2, 0.25) is 0 Å². The van der Waals surface area contributed by atoms with Crippen molar-refractivity contribution in [1.29, 1.82) is 0 Å². The highest BCUT2D eigenvalue weighted by molar-refractivity contribution is 9.11. The van der Waals surface area contributed by atoms with E-state index < -0.39 is 10.8 Å². The second kappa shape index (κ2) is 3.47. The number of hydrogen-bond acceptors (Lipinski definition) is 2. The Morgan fingerprint density at radius 2 is 2.20 bits per heavy atom. The summed E-state index contributed by atoms with van der Waals surface area (Å²) in [7, 11) is -0.878. The number of halogens is 2. The fraction of sp³-hybridized carbons (Fsp3) is 0.200. The van der Waals surface area contributed by atoms with Gasteiger partial charge in [0.05, 0.1) is 14.6 Å². The molecule has 0 bridgehead atoms. The van der Waals surface area contributed by atoms with Crippen molar-refractivity contribution < 1.29 is 4.21 Å². The van der Waals surface area contributed by atoms with Crippen LogP contribution in [0.1, 0.15) is 0 Å². The minimum atomic E-state index is -0.878. The van der Waals surface area contributed by atoms with Gasteiger partial charge in [-0.15, -0.1) is 11.3 Å². The van der Waals surface area contributed by atoms with E-state index in [1.54, 1.807) is 6.26 Å². The van der Waals surface area contributed by atoms with E-state index in [1.807, 2.05) is 6.07 Å². The van der Waals surface area contributed by atoms with Gasteiger partial charge in [0.25, 0.3) is 0 Å². The Morgan fingerprint density at radius 3 is 2.40 bits per heavy atom. The predicted octanol–water partition coefficient (Wildman–Crippen LogP) is 3.01. The minimum Gasteiger partial charge on any atom is -0.254 e. The van der Waals surface area contributed by atoms with Crippen molar-refractivity contribution in [3.8, 4) is 0 Å². The highest BCUT2D eigenvalue weighted by atomic mass is 79.9. The Balaban J connectivity index is 3.15. The van der Waals surface area contributed by atoms with E-state index in [2.05, 4.69) is 31.9 Å². The minimum absolute atomic E-state index is 0.878. The van der Waals surface area contributed by atoms with Crippen LogP contribution in [-0.4, -0.2) is 10.5 Å². The van der Waals surface area contributed by atoms with Gasteiger partial charge in [-0.3, -0.25) is 4.21 Å². The summed E-state index contributed by atoms with van der Waals surface area (Å²) in [5.74, 6) is 0. The normalized spacial score (nSPS) is 13.5. The first kappa shape index (κ1) is 8.90. The summed E-state index contributed by atoms with van der Waals surface area (Å²) in [5.41, 5.74) is 0. The molecule has 10 heavy (non-hydrogen) atoms. The van der Waals surface area contributed by atoms with Crippen LogP contribution in [0.4, 0.5) is 0 Å². The summed E-state index contributed by atoms with van der Waals surface area (Å²) < 4.78 is 13.8. The average molecular weight is 304 g/mol. The first-order valence-electron chi connectivity index (χ1n) is 2.39. The van der Waals surface area contributed by atoms with Crippen molar-refractivity contribution in [3.05, 3.63) is 14.3 Å². The van der Waals surface area contributed by atoms with E-state index in [1.165, 1.54) is 11.3 Å². The van der Waals surface area contributed by atoms with Crippen LogP contribution in [-0.2, 0) is 10.8 Å². The third-order valence-electron chi connectivity index (χ3n) is 0.886. The molecule has 0 saturated carbocycles. The molecule has 1 rings (SSSR count). The van der Waals surface area contributed by atoms with Crippen LogP contribution in [0.3, 0.4) is 0 Å². The van der Waals surface area contributed by atoms with Gasteiger partial charge in [0.2, 0.25) is 0 Å². The molecule has 1 heterocycles. The molecule has 1 atom stereocenters. The molecule has 0 fully saturated rings. The second-order valence-electron chi connectivity index (χ2n) is 1.64. The zero-order valence-corrected chi connectivity index (χ0v) is 9.86. The molecule has 1 aromatic rings. The molecule has 0 aliphatic heterocycles. The van der Waals surface area contributed by atoms with E-state index in [4.69, 9.17) is 0 Å². The summed E-state index contributed by atoms with van der Waals surface area (Å²) in [5, 5.41) is 0. The van der Waals surface area contributed by atoms with Crippen LogP contribution >= 0.6 is 43.2 Å². The maximum atomic E-state index is 11.0. The maximum absolute atomic E-state index is 11.0. The van der Waals surface area contributed by atoms with E-state index >= 15 is 0 Å². The molecule has 0 N–H and O–H groups in total. The second-order valence-corrected chi connectivity index (χ2v) is 6.50. The summed E-state index contributed by atoms with van der Waals surface area (Å²) in [6.45, 7) is 0. The lowest BCUT2D eigenvalue weighted by atomic mass is 10.7. The third-order valence-corrected chi connectivity index (χ3v) is 5.17. The smallest absolute Gasteiger partial charge is 0.106 e. The molecule has 5 heteroatoms. The monoisotopic (exact) mass is 302 g/mol. The standard InChI is InChI=1S/C5H4Br2OS2/c1-10(8)5-3(6)2-4(7)9-5/h2H,1H3. The van der Waals surface area contributed by atoms with E-state index in [0.29, 0.717) is 0 Å². The van der Waals surface area contributed by atoms with Gasteiger partial charge in [-0.1, -0.05) is 0 Å². The van der Waals surface area contributed by atoms with Gasteiger partial charge in [0.1, 0.15) is 4.21 Å². The molecule has 0 aliphatic rings. The Bertz CT molecular complexity index is 269. The molecular formula is C5H4Br2OS2. The van der Waals surface area contributed by atoms with Crippen molar-refractivity contribution in [2.24, 2.45) is 0 Å². The zero-order valence-electron chi connectivity index (χ0n) is 5.06. The molecule has 0 aliphatic carbocycles. The zero-order chi connectivity index (χ0) is 7.72. The SMILES string of the molecule is CS(=O)c1sc(Br)cc1Br. The summed E-state index contributed by atoms with van der Waals surface area (Å²) in [6.07, 6.45) is 1.67. The van der Waals surface area contributed by atoms with Crippen LogP contribution in [0.15, 0.2) is 18.5 Å². The van der Waals surface area contributed by atoms with Crippen molar-refractivity contribution in [2.75, 3.05) is 6.26 Å². The Morgan fingerprint density at radius 1 is 1.60 bits per heavy atom. The van der Waals surface area contributed by atoms with Gasteiger partial charge < -0.3 is 0 Å². The van der Waals surface area contributed by atoms with Crippen LogP contribution in [0, 0.1) is 0 Å². The quantitative estimate of drug-likeness (QED) is 0.779. The van der Waals surface area contributed by atoms with Crippen molar-refractivity contribution in [2.45, 2.75) is 4.21 Å². The molecular weight excluding hydrogens is 300 g/mol. The van der Waals surface area contributed by atoms with E-state index in [9.17, 15) is 4.21 Å². The molecule has 1 unspecified atom stereocenters. The van der Waals surface area contributed by atoms with Gasteiger partial charge in [-0.25, -0.2) is 0 Å². The number of rotatable bonds is 1. The lowest BCUT2D eigenvalue weighted by Gasteiger charge is -1.87. The summed E-state index contributed by atoms with van der Waals surface area (Å²) >= 11 is 8.10. The number of thiophene rings is 1. The van der Waals surface area contributed by atoms with Gasteiger partial charge >= 0.3 is 0 Å². The lowest BCUT2D eigenvalue weighted by molar-refractivity contribution is 0.688. The fourth-order valence-corrected chi connectivity index (χ4v) is 4.75. The summed E-state index contributed by atoms with van der Waals surface area (Å²) in [4.78, 5) is 0. The average Bonchev–Trinajstić information content (AvgIpc) is 2.10. The molecule has 0 spiro atoms. The van der Waals surface area contributed by atoms with Crippen LogP contribution in [0.25, 0.3) is 0 Å². The van der Waals surface area contributed by atoms with Gasteiger partial charge in [-0.05, 0) is 37.9 Å². The van der Waals surface area contributed by atoms with Gasteiger partial charge in [0, 0.05) is 10.7 Å². The Hall–Kier alpha value is 0.810. The molecule has 0 radical (unpaired) electrons. The Labute approximate surface area is 82.5 Å². The maximum Gasteiger partial charge on any atom is 0.106 e. The molecule has 0 aromatic carbocycles. The van der Waals surface area contributed by atoms with Crippen molar-refractivity contribution >= 4 is 54.0 Å². The lowest BCUT2D eigenvalue weighted by Crippen LogP contribution is -1.80. The molecule has 0 saturated heterocycles. The van der Waals surface area contributed by atoms with Gasteiger partial charge in [-0.2, -0.15) is 0 Å². The largest absolute Gasteiger partial charge is 0.254 e. The molecule has 0 amide bonds. The van der Waals surface area contributed by atoms with E-state index in [-0.39, 0.29) is 0 Å². The van der Waals surface area contributed by atoms with Crippen molar-refractivity contribution in [1.82, 2.24) is 0 Å². The molecule has 1 aromatic heterocycles. The Kier molecular flexibility index (Phi) is 3.09. The molecule has 1 nitrogen and oxygen atoms in total. The predicted molar refractivity (Wildman–Crippen MR) is 52.1 cm³/mol. The first-order chi connectivity index (χ1) is 4.61. The third kappa shape index (κ3) is 1.90. The number of hydrogen-bond donors (Lipinski definition) is 0. The first-order valence-corrected chi connectivity index (χ1v) is 6.35. The summed E-state index contributed by atoms with van der Waals surface area (Å²) in [6, 6.07) is 1.90. The van der Waals surface area contributed by atoms with E-state index in [0.717, 1.165) is 12.5 Å². The fourth-order valence-electron chi connectivity index (χ4n) is 0.521. The van der Waals surface area contributed by atoms with Crippen LogP contribution < -0.4 is 0 Å².